The Labute approximate surface area is 73.2 Å². The van der Waals surface area contributed by atoms with Crippen LogP contribution in [0.2, 0.25) is 0 Å². The van der Waals surface area contributed by atoms with Crippen LogP contribution in [0.1, 0.15) is 0 Å². The van der Waals surface area contributed by atoms with Gasteiger partial charge in [-0.25, -0.2) is 0 Å². The number of aromatic nitrogens is 1. The molecule has 1 amide bonds. The summed E-state index contributed by atoms with van der Waals surface area (Å²) >= 11 is 1.41. The second-order valence-electron chi connectivity index (χ2n) is 2.35. The molecule has 0 spiro atoms. The lowest BCUT2D eigenvalue weighted by atomic mass is 10.2. The van der Waals surface area contributed by atoms with Crippen molar-refractivity contribution >= 4 is 34.5 Å². The molecule has 1 heterocycles. The van der Waals surface area contributed by atoms with E-state index in [0.29, 0.717) is 6.41 Å². The smallest absolute Gasteiger partial charge is 0.211 e. The number of carbonyl (C=O) groups is 1. The molecule has 2 aromatic rings. The normalized spacial score (nSPS) is 10.0. The Morgan fingerprint density at radius 3 is 3.25 bits per heavy atom. The standard InChI is InChI=1S/C8H6N2OS/c11-5-9-7-2-1-6-4-12-10-8(6)3-7/h1-5H,(H,9,11). The number of rotatable bonds is 2. The van der Waals surface area contributed by atoms with Gasteiger partial charge in [-0.05, 0) is 29.7 Å². The zero-order chi connectivity index (χ0) is 8.39. The van der Waals surface area contributed by atoms with E-state index in [9.17, 15) is 4.79 Å². The van der Waals surface area contributed by atoms with E-state index in [1.54, 1.807) is 0 Å². The summed E-state index contributed by atoms with van der Waals surface area (Å²) in [5, 5.41) is 5.65. The molecule has 60 valence electrons. The molecular formula is C8H6N2OS. The molecule has 2 rings (SSSR count). The summed E-state index contributed by atoms with van der Waals surface area (Å²) in [5.74, 6) is 0. The SMILES string of the molecule is O=CNc1ccc2csnc2c1. The molecule has 1 aromatic carbocycles. The van der Waals surface area contributed by atoms with Crippen molar-refractivity contribution in [3.05, 3.63) is 23.6 Å². The third-order valence-electron chi connectivity index (χ3n) is 1.59. The van der Waals surface area contributed by atoms with Crippen LogP contribution in [0.4, 0.5) is 5.69 Å². The van der Waals surface area contributed by atoms with Crippen molar-refractivity contribution in [3.8, 4) is 0 Å². The van der Waals surface area contributed by atoms with Gasteiger partial charge in [-0.3, -0.25) is 4.79 Å². The summed E-state index contributed by atoms with van der Waals surface area (Å²) in [5.41, 5.74) is 1.70. The lowest BCUT2D eigenvalue weighted by Crippen LogP contribution is -1.92. The third kappa shape index (κ3) is 1.16. The minimum atomic E-state index is 0.660. The fourth-order valence-electron chi connectivity index (χ4n) is 1.02. The van der Waals surface area contributed by atoms with Crippen molar-refractivity contribution in [2.45, 2.75) is 0 Å². The number of nitrogens with one attached hydrogen (secondary N) is 1. The van der Waals surface area contributed by atoms with Crippen LogP contribution in [0, 0.1) is 0 Å². The van der Waals surface area contributed by atoms with Gasteiger partial charge < -0.3 is 5.32 Å². The van der Waals surface area contributed by atoms with E-state index in [1.807, 2.05) is 23.6 Å². The van der Waals surface area contributed by atoms with E-state index >= 15 is 0 Å². The minimum Gasteiger partial charge on any atom is -0.329 e. The highest BCUT2D eigenvalue weighted by atomic mass is 32.1. The number of benzene rings is 1. The Balaban J connectivity index is 2.52. The molecule has 0 saturated carbocycles. The van der Waals surface area contributed by atoms with Gasteiger partial charge in [0.15, 0.2) is 0 Å². The molecule has 0 bridgehead atoms. The number of fused-ring (bicyclic) bond motifs is 1. The summed E-state index contributed by atoms with van der Waals surface area (Å²) in [4.78, 5) is 10.1. The van der Waals surface area contributed by atoms with Crippen molar-refractivity contribution in [2.24, 2.45) is 0 Å². The molecule has 0 aliphatic rings. The molecule has 1 aromatic heterocycles. The van der Waals surface area contributed by atoms with Gasteiger partial charge in [0.2, 0.25) is 6.41 Å². The summed E-state index contributed by atoms with van der Waals surface area (Å²) in [7, 11) is 0. The van der Waals surface area contributed by atoms with Crippen molar-refractivity contribution in [1.29, 1.82) is 0 Å². The van der Waals surface area contributed by atoms with Crippen LogP contribution in [0.3, 0.4) is 0 Å². The molecule has 12 heavy (non-hydrogen) atoms. The van der Waals surface area contributed by atoms with Crippen LogP contribution in [-0.2, 0) is 4.79 Å². The molecule has 0 aliphatic carbocycles. The van der Waals surface area contributed by atoms with Gasteiger partial charge in [0.25, 0.3) is 0 Å². The first-order valence-corrected chi connectivity index (χ1v) is 4.28. The Bertz CT molecular complexity index is 410. The number of nitrogens with zero attached hydrogens (tertiary/aromatic N) is 1. The first-order chi connectivity index (χ1) is 5.90. The van der Waals surface area contributed by atoms with Gasteiger partial charge >= 0.3 is 0 Å². The molecule has 0 aliphatic heterocycles. The van der Waals surface area contributed by atoms with E-state index in [2.05, 4.69) is 9.69 Å². The number of anilines is 1. The highest BCUT2D eigenvalue weighted by Crippen LogP contribution is 2.18. The second-order valence-corrected chi connectivity index (χ2v) is 2.98. The van der Waals surface area contributed by atoms with Crippen LogP contribution >= 0.6 is 11.5 Å². The van der Waals surface area contributed by atoms with Gasteiger partial charge in [0.1, 0.15) is 0 Å². The van der Waals surface area contributed by atoms with E-state index < -0.39 is 0 Å². The van der Waals surface area contributed by atoms with E-state index in [4.69, 9.17) is 0 Å². The zero-order valence-electron chi connectivity index (χ0n) is 6.15. The van der Waals surface area contributed by atoms with Crippen molar-refractivity contribution in [2.75, 3.05) is 5.32 Å². The van der Waals surface area contributed by atoms with Crippen molar-refractivity contribution in [1.82, 2.24) is 4.37 Å². The van der Waals surface area contributed by atoms with Crippen LogP contribution in [0.25, 0.3) is 10.9 Å². The Kier molecular flexibility index (Phi) is 1.75. The van der Waals surface area contributed by atoms with Gasteiger partial charge in [0, 0.05) is 16.5 Å². The molecular weight excluding hydrogens is 172 g/mol. The van der Waals surface area contributed by atoms with Gasteiger partial charge in [-0.15, -0.1) is 0 Å². The van der Waals surface area contributed by atoms with Crippen LogP contribution in [-0.4, -0.2) is 10.8 Å². The predicted molar refractivity (Wildman–Crippen MR) is 49.3 cm³/mol. The minimum absolute atomic E-state index is 0.660. The lowest BCUT2D eigenvalue weighted by molar-refractivity contribution is -0.105. The third-order valence-corrected chi connectivity index (χ3v) is 2.25. The van der Waals surface area contributed by atoms with Gasteiger partial charge in [-0.2, -0.15) is 4.37 Å². The van der Waals surface area contributed by atoms with E-state index in [-0.39, 0.29) is 0 Å². The maximum absolute atomic E-state index is 10.1. The summed E-state index contributed by atoms with van der Waals surface area (Å²) < 4.78 is 4.15. The van der Waals surface area contributed by atoms with Crippen molar-refractivity contribution < 1.29 is 4.79 Å². The summed E-state index contributed by atoms with van der Waals surface area (Å²) in [6.07, 6.45) is 0.660. The van der Waals surface area contributed by atoms with Gasteiger partial charge in [-0.1, -0.05) is 0 Å². The van der Waals surface area contributed by atoms with Crippen LogP contribution in [0.5, 0.6) is 0 Å². The first-order valence-electron chi connectivity index (χ1n) is 3.44. The quantitative estimate of drug-likeness (QED) is 0.713. The van der Waals surface area contributed by atoms with E-state index in [0.717, 1.165) is 16.6 Å². The highest BCUT2D eigenvalue weighted by molar-refractivity contribution is 7.04. The number of hydrogen-bond acceptors (Lipinski definition) is 3. The first kappa shape index (κ1) is 7.24. The predicted octanol–water partition coefficient (Wildman–Crippen LogP) is 1.86. The maximum atomic E-state index is 10.1. The number of amides is 1. The number of hydrogen-bond donors (Lipinski definition) is 1. The zero-order valence-corrected chi connectivity index (χ0v) is 6.97. The molecule has 1 N–H and O–H groups in total. The van der Waals surface area contributed by atoms with Crippen LogP contribution in [0.15, 0.2) is 23.6 Å². The van der Waals surface area contributed by atoms with E-state index in [1.165, 1.54) is 11.5 Å². The Hall–Kier alpha value is -1.42. The fraction of sp³-hybridized carbons (Fsp3) is 0. The Morgan fingerprint density at radius 2 is 2.42 bits per heavy atom. The topological polar surface area (TPSA) is 42.0 Å². The molecule has 0 radical (unpaired) electrons. The fourth-order valence-corrected chi connectivity index (χ4v) is 1.66. The molecule has 0 unspecified atom stereocenters. The highest BCUT2D eigenvalue weighted by Gasteiger charge is 1.96. The largest absolute Gasteiger partial charge is 0.329 e. The lowest BCUT2D eigenvalue weighted by Gasteiger charge is -1.95. The monoisotopic (exact) mass is 178 g/mol. The molecule has 0 saturated heterocycles. The second kappa shape index (κ2) is 2.91. The molecule has 0 atom stereocenters. The molecule has 3 nitrogen and oxygen atoms in total. The molecule has 4 heteroatoms. The maximum Gasteiger partial charge on any atom is 0.211 e. The molecule has 0 fully saturated rings. The summed E-state index contributed by atoms with van der Waals surface area (Å²) in [6, 6.07) is 5.63. The average molecular weight is 178 g/mol. The average Bonchev–Trinajstić information content (AvgIpc) is 2.51. The summed E-state index contributed by atoms with van der Waals surface area (Å²) in [6.45, 7) is 0. The Morgan fingerprint density at radius 1 is 1.50 bits per heavy atom. The van der Waals surface area contributed by atoms with Gasteiger partial charge in [0.05, 0.1) is 5.52 Å². The number of carbonyl (C=O) groups excluding carboxylic acids is 1. The van der Waals surface area contributed by atoms with Crippen molar-refractivity contribution in [3.63, 3.8) is 0 Å². The van der Waals surface area contributed by atoms with Crippen LogP contribution < -0.4 is 5.32 Å².